The first-order valence-electron chi connectivity index (χ1n) is 8.49. The Kier molecular flexibility index (Phi) is 6.81. The molecule has 152 valence electrons. The topological polar surface area (TPSA) is 163 Å². The van der Waals surface area contributed by atoms with E-state index in [0.29, 0.717) is 11.1 Å². The molecule has 0 atom stereocenters. The Morgan fingerprint density at radius 3 is 1.39 bits per heavy atom. The van der Waals surface area contributed by atoms with E-state index >= 15 is 0 Å². The lowest BCUT2D eigenvalue weighted by atomic mass is 10.0. The molecule has 0 heterocycles. The van der Waals surface area contributed by atoms with Gasteiger partial charge in [0.15, 0.2) is 0 Å². The fourth-order valence-electron chi connectivity index (χ4n) is 2.93. The molecule has 0 aliphatic carbocycles. The number of nitrogens with one attached hydrogen (secondary N) is 2. The Morgan fingerprint density at radius 2 is 1.11 bits per heavy atom. The maximum Gasteiger partial charge on any atom is 0.323 e. The number of aliphatic hydroxyl groups is 4. The minimum atomic E-state index is -0.664. The van der Waals surface area contributed by atoms with Crippen LogP contribution < -0.4 is 10.6 Å². The summed E-state index contributed by atoms with van der Waals surface area (Å²) in [5.41, 5.74) is 2.10. The van der Waals surface area contributed by atoms with Gasteiger partial charge < -0.3 is 41.3 Å². The Bertz CT molecular complexity index is 825. The largest absolute Gasteiger partial charge is 0.507 e. The zero-order valence-corrected chi connectivity index (χ0v) is 15.6. The summed E-state index contributed by atoms with van der Waals surface area (Å²) >= 11 is 0. The van der Waals surface area contributed by atoms with Crippen LogP contribution in [0.15, 0.2) is 12.1 Å². The maximum atomic E-state index is 12.5. The number of aliphatic hydroxyl groups excluding tert-OH is 4. The van der Waals surface area contributed by atoms with Crippen LogP contribution in [0.1, 0.15) is 33.4 Å². The van der Waals surface area contributed by atoms with Crippen LogP contribution in [0.2, 0.25) is 0 Å². The zero-order valence-electron chi connectivity index (χ0n) is 15.6. The number of benzene rings is 2. The van der Waals surface area contributed by atoms with Crippen molar-refractivity contribution < 1.29 is 35.4 Å². The van der Waals surface area contributed by atoms with Crippen molar-refractivity contribution in [3.8, 4) is 11.5 Å². The summed E-state index contributed by atoms with van der Waals surface area (Å²) in [5.74, 6) is -0.467. The van der Waals surface area contributed by atoms with E-state index in [4.69, 9.17) is 0 Å². The van der Waals surface area contributed by atoms with E-state index in [1.165, 1.54) is 12.1 Å². The van der Waals surface area contributed by atoms with Crippen LogP contribution in [-0.4, -0.2) is 36.7 Å². The standard InChI is InChI=1S/C19H24N2O7/c1-9-13(7-24)17(26)11(5-22)3-15(9)20-19(28)21-16-4-12(6-23)18(27)14(8-25)10(16)2/h3-4,22-27H,5-8H2,1-2H3,(H2,20,21,28). The predicted octanol–water partition coefficient (Wildman–Crippen LogP) is 1.33. The normalized spacial score (nSPS) is 10.8. The second-order valence-corrected chi connectivity index (χ2v) is 6.28. The van der Waals surface area contributed by atoms with E-state index in [9.17, 15) is 35.4 Å². The number of aromatic hydroxyl groups is 2. The first-order chi connectivity index (χ1) is 13.3. The van der Waals surface area contributed by atoms with Gasteiger partial charge in [-0.2, -0.15) is 0 Å². The van der Waals surface area contributed by atoms with Gasteiger partial charge in [-0.25, -0.2) is 4.79 Å². The summed E-state index contributed by atoms with van der Waals surface area (Å²) in [6, 6.07) is 2.12. The quantitative estimate of drug-likeness (QED) is 0.344. The van der Waals surface area contributed by atoms with E-state index in [1.807, 2.05) is 0 Å². The summed E-state index contributed by atoms with van der Waals surface area (Å²) in [4.78, 5) is 12.5. The number of carbonyl (C=O) groups is 1. The van der Waals surface area contributed by atoms with Crippen molar-refractivity contribution in [1.29, 1.82) is 0 Å². The molecule has 8 N–H and O–H groups in total. The van der Waals surface area contributed by atoms with Crippen molar-refractivity contribution in [3.05, 3.63) is 45.5 Å². The highest BCUT2D eigenvalue weighted by molar-refractivity contribution is 6.01. The molecule has 0 aliphatic heterocycles. The van der Waals surface area contributed by atoms with Gasteiger partial charge in [0.2, 0.25) is 0 Å². The molecule has 2 amide bonds. The summed E-state index contributed by atoms with van der Waals surface area (Å²) in [7, 11) is 0. The molecule has 0 aliphatic rings. The van der Waals surface area contributed by atoms with E-state index in [0.717, 1.165) is 0 Å². The average Bonchev–Trinajstić information content (AvgIpc) is 2.67. The molecule has 0 bridgehead atoms. The van der Waals surface area contributed by atoms with Gasteiger partial charge in [0.25, 0.3) is 0 Å². The molecule has 0 radical (unpaired) electrons. The highest BCUT2D eigenvalue weighted by atomic mass is 16.3. The highest BCUT2D eigenvalue weighted by Gasteiger charge is 2.18. The predicted molar refractivity (Wildman–Crippen MR) is 102 cm³/mol. The second kappa shape index (κ2) is 8.89. The van der Waals surface area contributed by atoms with E-state index in [-0.39, 0.29) is 45.1 Å². The monoisotopic (exact) mass is 392 g/mol. The van der Waals surface area contributed by atoms with Crippen LogP contribution in [0.25, 0.3) is 0 Å². The van der Waals surface area contributed by atoms with Crippen LogP contribution in [0.4, 0.5) is 16.2 Å². The van der Waals surface area contributed by atoms with E-state index < -0.39 is 32.5 Å². The van der Waals surface area contributed by atoms with Crippen molar-refractivity contribution in [2.45, 2.75) is 40.3 Å². The van der Waals surface area contributed by atoms with Gasteiger partial charge in [0.05, 0.1) is 26.4 Å². The van der Waals surface area contributed by atoms with Gasteiger partial charge in [-0.15, -0.1) is 0 Å². The molecule has 0 aromatic heterocycles. The minimum Gasteiger partial charge on any atom is -0.507 e. The van der Waals surface area contributed by atoms with Crippen LogP contribution >= 0.6 is 0 Å². The number of hydrogen-bond donors (Lipinski definition) is 8. The number of rotatable bonds is 6. The van der Waals surface area contributed by atoms with Crippen molar-refractivity contribution >= 4 is 17.4 Å². The van der Waals surface area contributed by atoms with Crippen molar-refractivity contribution in [1.82, 2.24) is 0 Å². The molecule has 9 nitrogen and oxygen atoms in total. The molecular formula is C19H24N2O7. The molecule has 0 saturated carbocycles. The Hall–Kier alpha value is -2.85. The molecule has 2 aromatic carbocycles. The molecule has 0 spiro atoms. The molecular weight excluding hydrogens is 368 g/mol. The number of phenols is 2. The van der Waals surface area contributed by atoms with Gasteiger partial charge in [0.1, 0.15) is 11.5 Å². The van der Waals surface area contributed by atoms with Crippen LogP contribution in [0.5, 0.6) is 11.5 Å². The summed E-state index contributed by atoms with van der Waals surface area (Å²) in [5, 5.41) is 62.8. The van der Waals surface area contributed by atoms with Crippen LogP contribution in [0.3, 0.4) is 0 Å². The number of urea groups is 1. The van der Waals surface area contributed by atoms with Gasteiger partial charge in [0, 0.05) is 33.6 Å². The smallest absolute Gasteiger partial charge is 0.323 e. The second-order valence-electron chi connectivity index (χ2n) is 6.28. The number of anilines is 2. The third-order valence-electron chi connectivity index (χ3n) is 4.68. The van der Waals surface area contributed by atoms with Gasteiger partial charge in [-0.3, -0.25) is 0 Å². The number of carbonyl (C=O) groups excluding carboxylic acids is 1. The Balaban J connectivity index is 2.36. The molecule has 9 heteroatoms. The molecule has 0 unspecified atom stereocenters. The minimum absolute atomic E-state index is 0.149. The third-order valence-corrected chi connectivity index (χ3v) is 4.68. The molecule has 0 fully saturated rings. The molecule has 2 rings (SSSR count). The van der Waals surface area contributed by atoms with Gasteiger partial charge >= 0.3 is 6.03 Å². The lowest BCUT2D eigenvalue weighted by Crippen LogP contribution is -2.21. The third kappa shape index (κ3) is 4.02. The lowest BCUT2D eigenvalue weighted by molar-refractivity contribution is 0.260. The fourth-order valence-corrected chi connectivity index (χ4v) is 2.93. The summed E-state index contributed by atoms with van der Waals surface area (Å²) in [6.07, 6.45) is 0. The highest BCUT2D eigenvalue weighted by Crippen LogP contribution is 2.34. The van der Waals surface area contributed by atoms with Crippen LogP contribution in [0, 0.1) is 13.8 Å². The van der Waals surface area contributed by atoms with Crippen molar-refractivity contribution in [2.75, 3.05) is 10.6 Å². The van der Waals surface area contributed by atoms with Crippen LogP contribution in [-0.2, 0) is 26.4 Å². The first-order valence-corrected chi connectivity index (χ1v) is 8.49. The average molecular weight is 392 g/mol. The Morgan fingerprint density at radius 1 is 0.750 bits per heavy atom. The summed E-state index contributed by atoms with van der Waals surface area (Å²) < 4.78 is 0. The van der Waals surface area contributed by atoms with Gasteiger partial charge in [-0.1, -0.05) is 0 Å². The fraction of sp³-hybridized carbons (Fsp3) is 0.316. The van der Waals surface area contributed by atoms with Gasteiger partial charge in [-0.05, 0) is 37.1 Å². The number of hydrogen-bond acceptors (Lipinski definition) is 7. The molecule has 0 saturated heterocycles. The number of amides is 2. The van der Waals surface area contributed by atoms with Crippen molar-refractivity contribution in [2.24, 2.45) is 0 Å². The molecule has 28 heavy (non-hydrogen) atoms. The molecule has 2 aromatic rings. The first kappa shape index (κ1) is 21.5. The zero-order chi connectivity index (χ0) is 21.0. The van der Waals surface area contributed by atoms with E-state index in [2.05, 4.69) is 10.6 Å². The SMILES string of the molecule is Cc1c(NC(=O)Nc2cc(CO)c(O)c(CO)c2C)cc(CO)c(O)c1CO. The van der Waals surface area contributed by atoms with E-state index in [1.54, 1.807) is 13.8 Å². The Labute approximate surface area is 161 Å². The maximum absolute atomic E-state index is 12.5. The van der Waals surface area contributed by atoms with Crippen molar-refractivity contribution in [3.63, 3.8) is 0 Å². The summed E-state index contributed by atoms with van der Waals surface area (Å²) in [6.45, 7) is 1.29. The lowest BCUT2D eigenvalue weighted by Gasteiger charge is -2.18.